The van der Waals surface area contributed by atoms with Crippen molar-refractivity contribution in [3.05, 3.63) is 188 Å². The average molecular weight is 614 g/mol. The predicted molar refractivity (Wildman–Crippen MR) is 202 cm³/mol. The van der Waals surface area contributed by atoms with Crippen LogP contribution >= 0.6 is 0 Å². The first-order chi connectivity index (χ1) is 23.8. The summed E-state index contributed by atoms with van der Waals surface area (Å²) in [5, 5.41) is 4.74. The van der Waals surface area contributed by atoms with Crippen LogP contribution in [0.1, 0.15) is 0 Å². The lowest BCUT2D eigenvalue weighted by Crippen LogP contribution is -2.11. The number of fused-ring (bicyclic) bond motifs is 4. The molecule has 0 unspecified atom stereocenters. The summed E-state index contributed by atoms with van der Waals surface area (Å²) in [6.07, 6.45) is 0. The van der Waals surface area contributed by atoms with Gasteiger partial charge in [-0.05, 0) is 81.1 Å². The quantitative estimate of drug-likeness (QED) is 0.185. The first-order valence-electron chi connectivity index (χ1n) is 16.3. The summed E-state index contributed by atoms with van der Waals surface area (Å²) >= 11 is 0. The normalized spacial score (nSPS) is 11.3. The third-order valence-corrected chi connectivity index (χ3v) is 9.25. The fourth-order valence-electron chi connectivity index (χ4n) is 6.98. The van der Waals surface area contributed by atoms with Crippen LogP contribution in [-0.2, 0) is 0 Å². The number of nitrogens with zero attached hydrogens (tertiary/aromatic N) is 1. The van der Waals surface area contributed by atoms with Crippen molar-refractivity contribution in [1.82, 2.24) is 0 Å². The number of furan rings is 1. The molecule has 0 amide bonds. The van der Waals surface area contributed by atoms with Crippen LogP contribution in [0.5, 0.6) is 0 Å². The second-order valence-electron chi connectivity index (χ2n) is 12.2. The lowest BCUT2D eigenvalue weighted by molar-refractivity contribution is 0.669. The Hall–Kier alpha value is -6.38. The molecule has 8 aromatic carbocycles. The molecule has 9 aromatic rings. The fraction of sp³-hybridized carbons (Fsp3) is 0. The van der Waals surface area contributed by atoms with Gasteiger partial charge in [0.2, 0.25) is 0 Å². The van der Waals surface area contributed by atoms with E-state index in [1.807, 2.05) is 12.1 Å². The highest BCUT2D eigenvalue weighted by Gasteiger charge is 2.20. The van der Waals surface area contributed by atoms with E-state index < -0.39 is 0 Å². The van der Waals surface area contributed by atoms with E-state index in [9.17, 15) is 0 Å². The first kappa shape index (κ1) is 27.9. The molecule has 0 bridgehead atoms. The third-order valence-electron chi connectivity index (χ3n) is 9.25. The fourth-order valence-corrected chi connectivity index (χ4v) is 6.98. The molecule has 0 saturated carbocycles. The van der Waals surface area contributed by atoms with Crippen LogP contribution < -0.4 is 4.90 Å². The topological polar surface area (TPSA) is 16.4 Å². The first-order valence-corrected chi connectivity index (χ1v) is 16.3. The molecule has 1 aromatic heterocycles. The monoisotopic (exact) mass is 613 g/mol. The summed E-state index contributed by atoms with van der Waals surface area (Å²) in [6.45, 7) is 0. The maximum atomic E-state index is 6.40. The molecule has 0 aliphatic carbocycles. The molecular weight excluding hydrogens is 583 g/mol. The van der Waals surface area contributed by atoms with Crippen molar-refractivity contribution in [2.45, 2.75) is 0 Å². The van der Waals surface area contributed by atoms with Gasteiger partial charge in [0.05, 0.1) is 5.69 Å². The van der Waals surface area contributed by atoms with E-state index in [1.54, 1.807) is 0 Å². The van der Waals surface area contributed by atoms with Crippen LogP contribution in [0, 0.1) is 0 Å². The van der Waals surface area contributed by atoms with Gasteiger partial charge in [0, 0.05) is 33.8 Å². The van der Waals surface area contributed by atoms with Gasteiger partial charge in [0.25, 0.3) is 0 Å². The zero-order valence-electron chi connectivity index (χ0n) is 26.3. The summed E-state index contributed by atoms with van der Waals surface area (Å²) in [5.41, 5.74) is 12.0. The van der Waals surface area contributed by atoms with Crippen molar-refractivity contribution >= 4 is 49.8 Å². The summed E-state index contributed by atoms with van der Waals surface area (Å²) in [4.78, 5) is 2.36. The number of benzene rings is 8. The molecule has 2 heteroatoms. The van der Waals surface area contributed by atoms with Crippen LogP contribution in [0.15, 0.2) is 192 Å². The Balaban J connectivity index is 1.24. The lowest BCUT2D eigenvalue weighted by Gasteiger charge is -2.28. The van der Waals surface area contributed by atoms with Gasteiger partial charge in [-0.3, -0.25) is 0 Å². The van der Waals surface area contributed by atoms with Gasteiger partial charge >= 0.3 is 0 Å². The highest BCUT2D eigenvalue weighted by molar-refractivity contribution is 6.06. The Morgan fingerprint density at radius 2 is 0.938 bits per heavy atom. The smallest absolute Gasteiger partial charge is 0.137 e. The van der Waals surface area contributed by atoms with Gasteiger partial charge in [-0.25, -0.2) is 0 Å². The molecule has 0 atom stereocenters. The Kier molecular flexibility index (Phi) is 6.84. The second kappa shape index (κ2) is 11.8. The zero-order valence-corrected chi connectivity index (χ0v) is 26.3. The van der Waals surface area contributed by atoms with E-state index in [2.05, 4.69) is 181 Å². The van der Waals surface area contributed by atoms with Crippen LogP contribution in [0.2, 0.25) is 0 Å². The number of rotatable bonds is 6. The van der Waals surface area contributed by atoms with Crippen molar-refractivity contribution in [3.8, 4) is 33.4 Å². The van der Waals surface area contributed by atoms with Crippen molar-refractivity contribution < 1.29 is 4.42 Å². The molecule has 48 heavy (non-hydrogen) atoms. The third kappa shape index (κ3) is 4.92. The predicted octanol–water partition coefficient (Wildman–Crippen LogP) is 13.2. The van der Waals surface area contributed by atoms with Gasteiger partial charge < -0.3 is 9.32 Å². The summed E-state index contributed by atoms with van der Waals surface area (Å²) in [5.74, 6) is 0. The molecule has 9 rings (SSSR count). The van der Waals surface area contributed by atoms with Crippen LogP contribution in [0.3, 0.4) is 0 Å². The highest BCUT2D eigenvalue weighted by atomic mass is 16.3. The van der Waals surface area contributed by atoms with Gasteiger partial charge in [0.15, 0.2) is 0 Å². The number of hydrogen-bond acceptors (Lipinski definition) is 2. The Morgan fingerprint density at radius 3 is 1.85 bits per heavy atom. The summed E-state index contributed by atoms with van der Waals surface area (Å²) < 4.78 is 6.40. The minimum absolute atomic E-state index is 0.869. The second-order valence-corrected chi connectivity index (χ2v) is 12.2. The van der Waals surface area contributed by atoms with Crippen molar-refractivity contribution in [2.75, 3.05) is 4.90 Å². The molecule has 0 saturated heterocycles. The molecule has 226 valence electrons. The summed E-state index contributed by atoms with van der Waals surface area (Å²) in [6, 6.07) is 67.0. The maximum Gasteiger partial charge on any atom is 0.137 e. The number of para-hydroxylation sites is 2. The van der Waals surface area contributed by atoms with Gasteiger partial charge in [-0.1, -0.05) is 140 Å². The molecule has 0 N–H and O–H groups in total. The van der Waals surface area contributed by atoms with E-state index in [0.29, 0.717) is 0 Å². The lowest BCUT2D eigenvalue weighted by atomic mass is 9.94. The van der Waals surface area contributed by atoms with E-state index in [4.69, 9.17) is 4.42 Å². The SMILES string of the molecule is c1ccc(-c2cccc(N(c3ccc4c(c3)oc3ccccc34)c3ccccc3-c3cccc(-c4cccc5ccccc45)c3)c2)cc1. The average Bonchev–Trinajstić information content (AvgIpc) is 3.53. The molecule has 2 nitrogen and oxygen atoms in total. The Morgan fingerprint density at radius 1 is 0.333 bits per heavy atom. The minimum atomic E-state index is 0.869. The van der Waals surface area contributed by atoms with Crippen molar-refractivity contribution in [1.29, 1.82) is 0 Å². The number of anilines is 3. The van der Waals surface area contributed by atoms with Crippen LogP contribution in [0.4, 0.5) is 17.1 Å². The highest BCUT2D eigenvalue weighted by Crippen LogP contribution is 2.44. The van der Waals surface area contributed by atoms with E-state index in [1.165, 1.54) is 33.0 Å². The van der Waals surface area contributed by atoms with Gasteiger partial charge in [0.1, 0.15) is 11.2 Å². The molecule has 0 spiro atoms. The minimum Gasteiger partial charge on any atom is -0.456 e. The van der Waals surface area contributed by atoms with Crippen LogP contribution in [0.25, 0.3) is 66.1 Å². The molecule has 0 fully saturated rings. The maximum absolute atomic E-state index is 6.40. The summed E-state index contributed by atoms with van der Waals surface area (Å²) in [7, 11) is 0. The van der Waals surface area contributed by atoms with Gasteiger partial charge in [-0.15, -0.1) is 0 Å². The standard InChI is InChI=1S/C46H31NO/c1-2-13-32(14-3-1)34-17-11-20-37(30-34)47(38-27-28-43-42-23-7-9-26-45(42)48-46(43)31-38)44-25-8-6-22-41(44)36-19-10-18-35(29-36)40-24-12-16-33-15-4-5-21-39(33)40/h1-31H. The van der Waals surface area contributed by atoms with E-state index >= 15 is 0 Å². The van der Waals surface area contributed by atoms with Gasteiger partial charge in [-0.2, -0.15) is 0 Å². The number of hydrogen-bond donors (Lipinski definition) is 0. The Bertz CT molecular complexity index is 2570. The van der Waals surface area contributed by atoms with Crippen molar-refractivity contribution in [3.63, 3.8) is 0 Å². The largest absolute Gasteiger partial charge is 0.456 e. The Labute approximate surface area is 279 Å². The molecule has 0 aliphatic rings. The van der Waals surface area contributed by atoms with E-state index in [-0.39, 0.29) is 0 Å². The molecular formula is C46H31NO. The zero-order chi connectivity index (χ0) is 31.9. The van der Waals surface area contributed by atoms with Crippen LogP contribution in [-0.4, -0.2) is 0 Å². The van der Waals surface area contributed by atoms with Crippen molar-refractivity contribution in [2.24, 2.45) is 0 Å². The molecule has 0 radical (unpaired) electrons. The van der Waals surface area contributed by atoms with E-state index in [0.717, 1.165) is 50.1 Å². The molecule has 0 aliphatic heterocycles. The molecule has 1 heterocycles.